The fourth-order valence-corrected chi connectivity index (χ4v) is 7.34. The first-order valence-electron chi connectivity index (χ1n) is 22.7. The molecule has 0 aliphatic carbocycles. The van der Waals surface area contributed by atoms with Crippen LogP contribution in [0.25, 0.3) is 0 Å². The number of rotatable bonds is 22. The van der Waals surface area contributed by atoms with Crippen LogP contribution in [0, 0.1) is 0 Å². The molecule has 434 valence electrons. The first kappa shape index (κ1) is 82.4. The number of nitrogens with one attached hydrogen (secondary N) is 2. The quantitative estimate of drug-likeness (QED) is 0.0114. The molecule has 0 spiro atoms. The fraction of sp³-hybridized carbons (Fsp3) is 0.404. The van der Waals surface area contributed by atoms with E-state index >= 15 is 0 Å². The molecule has 2 saturated heterocycles. The average Bonchev–Trinajstić information content (AvgIpc) is 4.34. The van der Waals surface area contributed by atoms with E-state index in [0.717, 1.165) is 55.4 Å². The molecule has 3 atom stereocenters. The topological polar surface area (TPSA) is 247 Å². The van der Waals surface area contributed by atoms with Crippen molar-refractivity contribution >= 4 is 113 Å². The molecule has 7 rings (SSSR count). The molecule has 2 heterocycles. The molecule has 0 bridgehead atoms. The predicted molar refractivity (Wildman–Crippen MR) is 321 cm³/mol. The van der Waals surface area contributed by atoms with Crippen LogP contribution in [-0.4, -0.2) is 138 Å². The van der Waals surface area contributed by atoms with Crippen LogP contribution in [0.3, 0.4) is 0 Å². The second-order valence-electron chi connectivity index (χ2n) is 16.2. The second kappa shape index (κ2) is 45.5. The average molecular weight is 1390 g/mol. The first-order chi connectivity index (χ1) is 35.6. The van der Waals surface area contributed by atoms with Crippen LogP contribution in [0.5, 0.6) is 17.2 Å². The smallest absolute Gasteiger partial charge is 1.00 e. The third-order valence-corrected chi connectivity index (χ3v) is 13.0. The summed E-state index contributed by atoms with van der Waals surface area (Å²) in [4.78, 5) is 15.3. The Kier molecular flexibility index (Phi) is 47.5. The maximum absolute atomic E-state index is 11.5. The molecule has 0 saturated carbocycles. The number of alkyl halides is 1. The van der Waals surface area contributed by atoms with Crippen LogP contribution in [-0.2, 0) is 52.0 Å². The number of epoxide rings is 2. The van der Waals surface area contributed by atoms with Gasteiger partial charge in [0.2, 0.25) is 20.0 Å². The van der Waals surface area contributed by atoms with Gasteiger partial charge in [-0.05, 0) is 139 Å². The Morgan fingerprint density at radius 2 is 1.13 bits per heavy atom. The largest absolute Gasteiger partial charge is 1.00 e. The minimum absolute atomic E-state index is 0. The Bertz CT molecular complexity index is 2650. The zero-order valence-corrected chi connectivity index (χ0v) is 57.4. The summed E-state index contributed by atoms with van der Waals surface area (Å²) < 4.78 is 75.0. The number of hydrogen-bond acceptors (Lipinski definition) is 16. The Labute approximate surface area is 588 Å². The Balaban J connectivity index is -0.000000480. The van der Waals surface area contributed by atoms with Gasteiger partial charge in [0.25, 0.3) is 6.47 Å². The molecule has 0 aromatic heterocycles. The summed E-state index contributed by atoms with van der Waals surface area (Å²) in [6, 6.07) is 32.5. The Morgan fingerprint density at radius 1 is 0.722 bits per heavy atom. The van der Waals surface area contributed by atoms with Crippen molar-refractivity contribution in [2.75, 3.05) is 105 Å². The van der Waals surface area contributed by atoms with Crippen LogP contribution >= 0.6 is 69.0 Å². The van der Waals surface area contributed by atoms with E-state index in [1.54, 1.807) is 60.7 Å². The third kappa shape index (κ3) is 38.7. The first-order valence-corrected chi connectivity index (χ1v) is 30.1. The number of aliphatic hydroxyl groups excluding tert-OH is 1. The molecule has 2 aliphatic heterocycles. The van der Waals surface area contributed by atoms with Crippen molar-refractivity contribution in [3.63, 3.8) is 0 Å². The van der Waals surface area contributed by atoms with E-state index in [9.17, 15) is 21.9 Å². The minimum Gasteiger partial charge on any atom is -1.00 e. The second-order valence-corrected chi connectivity index (χ2v) is 21.6. The number of halogens is 5. The molecule has 5 N–H and O–H groups in total. The standard InChI is InChI=1S/C19H24Cl2N2O4S.C11H15NO2.C10H13NO4S.C8H9Cl2N.CH3I.CH2O3.2CH4.2K.H/c1-23(28(2,25)26)15-4-6-17(7-5-15)27-13-16(24)12-22-10-9-14-3-8-18(20)19(21)11-14;1-12(2)9-3-5-10(6-4-9)13-7-11-8-14-11;1-16(12,13)11-8-2-4-9(5-3-8)14-6-10-7-15-10;9-7-2-1-6(3-4-11)5-8(7)10;1-2;2-1-4-3;;;;;/h3-8,11,16,22,24H,9-10,12-13H2,1-2H3;3-6,11H,7-8H2,1-2H3;2-5,10-11H,6-7H2,1H3;1-2,5H,3-4,11H2;1H3;1,3H;2*1H4;;;/q;;;;;;;;2*+1;-1/p-1/t16-;11-;10-;;;;;;;;/m011......../s1. The van der Waals surface area contributed by atoms with E-state index in [0.29, 0.717) is 81.9 Å². The van der Waals surface area contributed by atoms with Gasteiger partial charge in [0, 0.05) is 39.1 Å². The number of ether oxygens (including phenoxy) is 5. The van der Waals surface area contributed by atoms with Crippen molar-refractivity contribution in [3.8, 4) is 17.2 Å². The van der Waals surface area contributed by atoms with Crippen LogP contribution < -0.4 is 147 Å². The van der Waals surface area contributed by atoms with E-state index in [2.05, 4.69) is 42.4 Å². The van der Waals surface area contributed by atoms with Crippen LogP contribution in [0.1, 0.15) is 27.4 Å². The summed E-state index contributed by atoms with van der Waals surface area (Å²) in [5.74, 6) is 2.17. The Hall–Kier alpha value is -0.807. The van der Waals surface area contributed by atoms with Crippen molar-refractivity contribution in [1.82, 2.24) is 5.32 Å². The summed E-state index contributed by atoms with van der Waals surface area (Å²) in [7, 11) is -0.990. The normalized spacial score (nSPS) is 13.5. The molecule has 18 nitrogen and oxygen atoms in total. The molecule has 0 radical (unpaired) electrons. The molecule has 2 aliphatic rings. The molecule has 0 amide bonds. The number of nitrogens with zero attached hydrogens (tertiary/aromatic N) is 2. The van der Waals surface area contributed by atoms with Gasteiger partial charge >= 0.3 is 103 Å². The van der Waals surface area contributed by atoms with Crippen molar-refractivity contribution < 1.29 is 165 Å². The molecule has 0 unspecified atom stereocenters. The van der Waals surface area contributed by atoms with Crippen molar-refractivity contribution in [2.45, 2.75) is 46.0 Å². The Morgan fingerprint density at radius 3 is 1.49 bits per heavy atom. The number of hydrogen-bond donors (Lipinski definition) is 4. The maximum Gasteiger partial charge on any atom is 1.00 e. The van der Waals surface area contributed by atoms with E-state index in [1.165, 1.54) is 17.0 Å². The molecular weight excluding hydrogens is 1310 g/mol. The molecule has 5 aromatic carbocycles. The molecule has 79 heavy (non-hydrogen) atoms. The maximum atomic E-state index is 11.5. The van der Waals surface area contributed by atoms with E-state index in [-0.39, 0.29) is 138 Å². The van der Waals surface area contributed by atoms with Crippen molar-refractivity contribution in [2.24, 2.45) is 5.73 Å². The monoisotopic (exact) mass is 1390 g/mol. The summed E-state index contributed by atoms with van der Waals surface area (Å²) in [5, 5.41) is 23.9. The van der Waals surface area contributed by atoms with E-state index in [4.69, 9.17) is 85.9 Å². The zero-order chi connectivity index (χ0) is 56.0. The number of carbonyl (C=O) groups excluding carboxylic acids is 1. The van der Waals surface area contributed by atoms with Crippen molar-refractivity contribution in [3.05, 3.63) is 140 Å². The number of nitrogens with two attached hydrogens (primary N) is 1. The molecule has 5 aromatic rings. The van der Waals surface area contributed by atoms with Gasteiger partial charge in [0.1, 0.15) is 55.4 Å². The van der Waals surface area contributed by atoms with Gasteiger partial charge in [0.05, 0.1) is 51.5 Å². The SMILES string of the molecule is C.C.CI.CN(C)c1ccc(OC[C@@H]2CO2)cc1.CN(c1ccc(OC[C@@H](O)CNCCc2ccc(Cl)c(Cl)c2)cc1)S(C)(=O)=O.CS(=O)(=O)Nc1ccc(OC[C@@H]2CO2)cc1.NCCc1ccc(Cl)c(Cl)c1.O=CO[O-].[H-].[K+].[K+]. The van der Waals surface area contributed by atoms with Gasteiger partial charge in [-0.25, -0.2) is 16.8 Å². The summed E-state index contributed by atoms with van der Waals surface area (Å²) in [6.45, 7) is 4.46. The van der Waals surface area contributed by atoms with Gasteiger partial charge in [-0.2, -0.15) is 0 Å². The van der Waals surface area contributed by atoms with E-state index < -0.39 is 26.2 Å². The molecule has 27 heteroatoms. The van der Waals surface area contributed by atoms with Crippen LogP contribution in [0.4, 0.5) is 17.1 Å². The summed E-state index contributed by atoms with van der Waals surface area (Å²) >= 11 is 25.5. The number of aliphatic hydroxyl groups is 1. The summed E-state index contributed by atoms with van der Waals surface area (Å²) in [5.41, 5.74) is 9.81. The predicted octanol–water partition coefficient (Wildman–Crippen LogP) is 2.70. The van der Waals surface area contributed by atoms with Gasteiger partial charge < -0.3 is 56.3 Å². The van der Waals surface area contributed by atoms with Crippen molar-refractivity contribution in [1.29, 1.82) is 0 Å². The third-order valence-electron chi connectivity index (χ3n) is 9.74. The number of anilines is 3. The minimum atomic E-state index is -3.30. The zero-order valence-electron chi connectivity index (χ0n) is 45.3. The number of sulfonamides is 2. The van der Waals surface area contributed by atoms with Gasteiger partial charge in [-0.15, -0.1) is 0 Å². The van der Waals surface area contributed by atoms with E-state index in [1.807, 2.05) is 67.6 Å². The van der Waals surface area contributed by atoms with Crippen LogP contribution in [0.2, 0.25) is 20.1 Å². The van der Waals surface area contributed by atoms with Crippen LogP contribution in [0.15, 0.2) is 109 Å². The molecule has 2 fully saturated rings. The molecular formula is C52H74Cl4IK2N5O13S2. The fourth-order valence-electron chi connectivity index (χ4n) is 5.63. The number of carbonyl (C=O) groups is 1. The van der Waals surface area contributed by atoms with Gasteiger partial charge in [-0.1, -0.05) is 96.0 Å². The summed E-state index contributed by atoms with van der Waals surface area (Å²) in [6.07, 6.45) is 3.73. The van der Waals surface area contributed by atoms with Gasteiger partial charge in [-0.3, -0.25) is 13.8 Å². The number of benzene rings is 5. The van der Waals surface area contributed by atoms with Gasteiger partial charge in [0.15, 0.2) is 0 Å².